The van der Waals surface area contributed by atoms with Gasteiger partial charge in [-0.25, -0.2) is 4.98 Å². The highest BCUT2D eigenvalue weighted by Gasteiger charge is 2.20. The van der Waals surface area contributed by atoms with Gasteiger partial charge >= 0.3 is 0 Å². The summed E-state index contributed by atoms with van der Waals surface area (Å²) < 4.78 is 10.1. The third kappa shape index (κ3) is 4.49. The maximum absolute atomic E-state index is 6.28. The fourth-order valence-corrected chi connectivity index (χ4v) is 10.5. The number of furan rings is 1. The number of thiazole rings is 1. The van der Waals surface area contributed by atoms with Gasteiger partial charge in [0.2, 0.25) is 0 Å². The topological polar surface area (TPSA) is 29.3 Å². The Hall–Kier alpha value is -6.53. The van der Waals surface area contributed by atoms with Crippen LogP contribution in [0, 0.1) is 0 Å². The number of hydrogen-bond donors (Lipinski definition) is 0. The number of thiophene rings is 1. The number of benzene rings is 9. The minimum atomic E-state index is 0.889. The highest BCUT2D eigenvalue weighted by atomic mass is 32.1. The molecule has 3 nitrogen and oxygen atoms in total. The molecule has 3 heterocycles. The minimum absolute atomic E-state index is 0.889. The van der Waals surface area contributed by atoms with Crippen LogP contribution in [-0.2, 0) is 0 Å². The molecule has 12 rings (SSSR count). The fourth-order valence-electron chi connectivity index (χ4n) is 8.32. The number of hydrogen-bond acceptors (Lipinski definition) is 5. The molecule has 0 unspecified atom stereocenters. The van der Waals surface area contributed by atoms with E-state index in [-0.39, 0.29) is 0 Å². The van der Waals surface area contributed by atoms with E-state index in [1.165, 1.54) is 57.2 Å². The highest BCUT2D eigenvalue weighted by Crippen LogP contribution is 2.46. The maximum Gasteiger partial charge on any atom is 0.135 e. The third-order valence-electron chi connectivity index (χ3n) is 10.9. The molecule has 3 aromatic heterocycles. The van der Waals surface area contributed by atoms with Gasteiger partial charge in [-0.3, -0.25) is 0 Å². The second-order valence-corrected chi connectivity index (χ2v) is 16.0. The Bertz CT molecular complexity index is 3370. The zero-order chi connectivity index (χ0) is 35.3. The molecule has 9 aromatic carbocycles. The Morgan fingerprint density at radius 2 is 1.13 bits per heavy atom. The van der Waals surface area contributed by atoms with Crippen LogP contribution in [0.4, 0.5) is 17.1 Å². The summed E-state index contributed by atoms with van der Waals surface area (Å²) in [6.07, 6.45) is 0. The van der Waals surface area contributed by atoms with E-state index in [1.54, 1.807) is 11.3 Å². The monoisotopic (exact) mass is 724 g/mol. The SMILES string of the molecule is c1ccc2cc(-c3nc4ccc5c6cccc(N(c7ccc8oc9ccccc9c8c7)c7ccc8sc9ccccc9c8c7)c6ccc5c4s3)ccc2c1. The first-order valence-electron chi connectivity index (χ1n) is 18.1. The van der Waals surface area contributed by atoms with Gasteiger partial charge in [0, 0.05) is 58.7 Å². The van der Waals surface area contributed by atoms with Crippen LogP contribution in [0.5, 0.6) is 0 Å². The summed E-state index contributed by atoms with van der Waals surface area (Å²) in [5, 5.41) is 13.2. The number of nitrogens with zero attached hydrogens (tertiary/aromatic N) is 2. The van der Waals surface area contributed by atoms with E-state index in [0.717, 1.165) is 55.1 Å². The summed E-state index contributed by atoms with van der Waals surface area (Å²) in [6, 6.07) is 61.4. The standard InChI is InChI=1S/C49H28N2OS2/c1-2-9-30-26-31(17-16-29(30)8-1)49-50-42-23-22-35-34-12-7-13-43(36(34)20-21-39(35)48(42)54-49)51(32-18-24-45-40(27-32)37-10-3-5-14-44(37)52-45)33-19-25-47-41(28-33)38-11-4-6-15-46(38)53-47/h1-28H. The van der Waals surface area contributed by atoms with Gasteiger partial charge in [0.15, 0.2) is 0 Å². The van der Waals surface area contributed by atoms with E-state index in [4.69, 9.17) is 9.40 Å². The van der Waals surface area contributed by atoms with Crippen LogP contribution in [0.25, 0.3) is 95.2 Å². The molecule has 0 amide bonds. The lowest BCUT2D eigenvalue weighted by Gasteiger charge is -2.27. The maximum atomic E-state index is 6.28. The van der Waals surface area contributed by atoms with Crippen LogP contribution in [0.3, 0.4) is 0 Å². The van der Waals surface area contributed by atoms with Crippen molar-refractivity contribution in [2.45, 2.75) is 0 Å². The average Bonchev–Trinajstić information content (AvgIpc) is 3.94. The first-order valence-corrected chi connectivity index (χ1v) is 19.7. The lowest BCUT2D eigenvalue weighted by molar-refractivity contribution is 0.669. The summed E-state index contributed by atoms with van der Waals surface area (Å²) in [7, 11) is 0. The second kappa shape index (κ2) is 11.5. The van der Waals surface area contributed by atoms with E-state index in [2.05, 4.69) is 163 Å². The van der Waals surface area contributed by atoms with E-state index in [1.807, 2.05) is 23.5 Å². The normalized spacial score (nSPS) is 12.1. The summed E-state index contributed by atoms with van der Waals surface area (Å²) >= 11 is 3.63. The van der Waals surface area contributed by atoms with Crippen molar-refractivity contribution in [1.29, 1.82) is 0 Å². The Morgan fingerprint density at radius 1 is 0.426 bits per heavy atom. The lowest BCUT2D eigenvalue weighted by atomic mass is 9.99. The second-order valence-electron chi connectivity index (χ2n) is 13.9. The Balaban J connectivity index is 1.07. The minimum Gasteiger partial charge on any atom is -0.456 e. The molecule has 0 aliphatic rings. The number of para-hydroxylation sites is 1. The molecule has 5 heteroatoms. The van der Waals surface area contributed by atoms with E-state index in [9.17, 15) is 0 Å². The molecular weight excluding hydrogens is 697 g/mol. The Morgan fingerprint density at radius 3 is 2.07 bits per heavy atom. The van der Waals surface area contributed by atoms with E-state index < -0.39 is 0 Å². The van der Waals surface area contributed by atoms with Gasteiger partial charge in [-0.05, 0) is 88.3 Å². The highest BCUT2D eigenvalue weighted by molar-refractivity contribution is 7.25. The number of fused-ring (bicyclic) bond motifs is 12. The Labute approximate surface area is 317 Å². The van der Waals surface area contributed by atoms with Crippen molar-refractivity contribution in [1.82, 2.24) is 4.98 Å². The molecule has 0 aliphatic heterocycles. The quantitative estimate of drug-likeness (QED) is 0.169. The van der Waals surface area contributed by atoms with Gasteiger partial charge in [0.1, 0.15) is 16.2 Å². The summed E-state index contributed by atoms with van der Waals surface area (Å²) in [4.78, 5) is 7.55. The van der Waals surface area contributed by atoms with Crippen LogP contribution < -0.4 is 4.90 Å². The number of rotatable bonds is 4. The predicted molar refractivity (Wildman–Crippen MR) is 232 cm³/mol. The first kappa shape index (κ1) is 30.0. The van der Waals surface area contributed by atoms with Crippen LogP contribution in [0.15, 0.2) is 174 Å². The summed E-state index contributed by atoms with van der Waals surface area (Å²) in [5.74, 6) is 0. The van der Waals surface area contributed by atoms with Crippen LogP contribution in [0.2, 0.25) is 0 Å². The van der Waals surface area contributed by atoms with Crippen molar-refractivity contribution in [3.05, 3.63) is 170 Å². The van der Waals surface area contributed by atoms with Gasteiger partial charge in [-0.15, -0.1) is 22.7 Å². The summed E-state index contributed by atoms with van der Waals surface area (Å²) in [6.45, 7) is 0. The lowest BCUT2D eigenvalue weighted by Crippen LogP contribution is -2.10. The molecule has 0 bridgehead atoms. The molecule has 0 saturated heterocycles. The van der Waals surface area contributed by atoms with Gasteiger partial charge < -0.3 is 9.32 Å². The molecule has 252 valence electrons. The van der Waals surface area contributed by atoms with E-state index in [0.29, 0.717) is 0 Å². The third-order valence-corrected chi connectivity index (χ3v) is 13.2. The van der Waals surface area contributed by atoms with Gasteiger partial charge in [0.05, 0.1) is 15.9 Å². The largest absolute Gasteiger partial charge is 0.456 e. The predicted octanol–water partition coefficient (Wildman–Crippen LogP) is 15.2. The van der Waals surface area contributed by atoms with Crippen molar-refractivity contribution in [2.24, 2.45) is 0 Å². The zero-order valence-corrected chi connectivity index (χ0v) is 30.4. The number of anilines is 3. The Kier molecular flexibility index (Phi) is 6.38. The van der Waals surface area contributed by atoms with Crippen molar-refractivity contribution < 1.29 is 4.42 Å². The molecule has 0 aliphatic carbocycles. The van der Waals surface area contributed by atoms with Crippen molar-refractivity contribution >= 4 is 124 Å². The molecule has 12 aromatic rings. The first-order chi connectivity index (χ1) is 26.7. The average molecular weight is 725 g/mol. The molecule has 0 saturated carbocycles. The van der Waals surface area contributed by atoms with Crippen LogP contribution in [0.1, 0.15) is 0 Å². The van der Waals surface area contributed by atoms with Crippen LogP contribution in [-0.4, -0.2) is 4.98 Å². The molecule has 0 fully saturated rings. The van der Waals surface area contributed by atoms with Crippen LogP contribution >= 0.6 is 22.7 Å². The smallest absolute Gasteiger partial charge is 0.135 e. The van der Waals surface area contributed by atoms with Gasteiger partial charge in [-0.2, -0.15) is 0 Å². The molecule has 54 heavy (non-hydrogen) atoms. The van der Waals surface area contributed by atoms with E-state index >= 15 is 0 Å². The zero-order valence-electron chi connectivity index (χ0n) is 28.8. The number of aromatic nitrogens is 1. The molecule has 0 radical (unpaired) electrons. The molecule has 0 spiro atoms. The van der Waals surface area contributed by atoms with Crippen molar-refractivity contribution in [3.8, 4) is 10.6 Å². The van der Waals surface area contributed by atoms with Gasteiger partial charge in [-0.1, -0.05) is 103 Å². The molecular formula is C49H28N2OS2. The van der Waals surface area contributed by atoms with Gasteiger partial charge in [0.25, 0.3) is 0 Å². The van der Waals surface area contributed by atoms with Crippen molar-refractivity contribution in [3.63, 3.8) is 0 Å². The van der Waals surface area contributed by atoms with Crippen molar-refractivity contribution in [2.75, 3.05) is 4.90 Å². The molecule has 0 N–H and O–H groups in total. The summed E-state index contributed by atoms with van der Waals surface area (Å²) in [5.41, 5.74) is 7.30. The fraction of sp³-hybridized carbons (Fsp3) is 0. The molecule has 0 atom stereocenters.